The Labute approximate surface area is 115 Å². The molecule has 94 valence electrons. The van der Waals surface area contributed by atoms with Crippen molar-refractivity contribution in [2.45, 2.75) is 18.6 Å². The number of fused-ring (bicyclic) bond motifs is 1. The van der Waals surface area contributed by atoms with Crippen molar-refractivity contribution in [2.24, 2.45) is 0 Å². The van der Waals surface area contributed by atoms with E-state index < -0.39 is 0 Å². The first-order valence-corrected chi connectivity index (χ1v) is 7.18. The topological polar surface area (TPSA) is 25.4 Å². The predicted octanol–water partition coefficient (Wildman–Crippen LogP) is 4.28. The molecule has 1 saturated heterocycles. The third kappa shape index (κ3) is 1.70. The maximum absolute atomic E-state index is 5.95. The van der Waals surface area contributed by atoms with E-state index in [1.54, 1.807) is 11.3 Å². The van der Waals surface area contributed by atoms with Gasteiger partial charge in [0.1, 0.15) is 16.7 Å². The van der Waals surface area contributed by atoms with Crippen LogP contribution in [0, 0.1) is 0 Å². The number of thiazole rings is 1. The van der Waals surface area contributed by atoms with Crippen LogP contribution < -0.4 is 0 Å². The molecule has 0 aliphatic carbocycles. The standard InChI is InChI=1S/C16H13NOS/c1-16(11-7-3-2-4-8-11)14(18-16)15-17-12-9-5-6-10-13(12)19-15/h2-10,14H,1H3/t14-,16-/m0/s1. The molecule has 0 spiro atoms. The van der Waals surface area contributed by atoms with Crippen LogP contribution in [0.2, 0.25) is 0 Å². The van der Waals surface area contributed by atoms with E-state index in [1.165, 1.54) is 10.3 Å². The molecule has 19 heavy (non-hydrogen) atoms. The van der Waals surface area contributed by atoms with E-state index in [0.29, 0.717) is 0 Å². The van der Waals surface area contributed by atoms with Gasteiger partial charge < -0.3 is 4.74 Å². The number of rotatable bonds is 2. The zero-order valence-electron chi connectivity index (χ0n) is 10.5. The van der Waals surface area contributed by atoms with Gasteiger partial charge in [-0.2, -0.15) is 0 Å². The zero-order valence-corrected chi connectivity index (χ0v) is 11.4. The molecule has 2 aromatic carbocycles. The quantitative estimate of drug-likeness (QED) is 0.647. The van der Waals surface area contributed by atoms with Crippen molar-refractivity contribution in [3.63, 3.8) is 0 Å². The molecule has 3 aromatic rings. The highest BCUT2D eigenvalue weighted by Crippen LogP contribution is 2.57. The van der Waals surface area contributed by atoms with Crippen LogP contribution in [0.4, 0.5) is 0 Å². The molecule has 2 atom stereocenters. The van der Waals surface area contributed by atoms with Gasteiger partial charge in [-0.25, -0.2) is 4.98 Å². The molecule has 0 bridgehead atoms. The molecular formula is C16H13NOS. The molecule has 0 amide bonds. The van der Waals surface area contributed by atoms with Crippen molar-refractivity contribution in [1.82, 2.24) is 4.98 Å². The molecular weight excluding hydrogens is 254 g/mol. The summed E-state index contributed by atoms with van der Waals surface area (Å²) in [7, 11) is 0. The van der Waals surface area contributed by atoms with Gasteiger partial charge in [0.05, 0.1) is 10.2 Å². The fraction of sp³-hybridized carbons (Fsp3) is 0.188. The number of hydrogen-bond donors (Lipinski definition) is 0. The van der Waals surface area contributed by atoms with Crippen molar-refractivity contribution >= 4 is 21.6 Å². The smallest absolute Gasteiger partial charge is 0.143 e. The lowest BCUT2D eigenvalue weighted by molar-refractivity contribution is 0.313. The van der Waals surface area contributed by atoms with Gasteiger partial charge in [-0.15, -0.1) is 11.3 Å². The van der Waals surface area contributed by atoms with Crippen molar-refractivity contribution in [2.75, 3.05) is 0 Å². The molecule has 0 saturated carbocycles. The Kier molecular flexibility index (Phi) is 2.28. The number of aromatic nitrogens is 1. The third-order valence-electron chi connectivity index (χ3n) is 3.69. The van der Waals surface area contributed by atoms with Crippen molar-refractivity contribution in [3.05, 3.63) is 65.2 Å². The lowest BCUT2D eigenvalue weighted by Crippen LogP contribution is -2.03. The third-order valence-corrected chi connectivity index (χ3v) is 4.77. The van der Waals surface area contributed by atoms with E-state index in [1.807, 2.05) is 12.1 Å². The highest BCUT2D eigenvalue weighted by Gasteiger charge is 2.56. The molecule has 1 aliphatic rings. The van der Waals surface area contributed by atoms with Crippen LogP contribution in [0.5, 0.6) is 0 Å². The van der Waals surface area contributed by atoms with E-state index in [4.69, 9.17) is 4.74 Å². The summed E-state index contributed by atoms with van der Waals surface area (Å²) in [6, 6.07) is 18.6. The van der Waals surface area contributed by atoms with E-state index >= 15 is 0 Å². The summed E-state index contributed by atoms with van der Waals surface area (Å²) in [5.74, 6) is 0. The molecule has 4 rings (SSSR count). The Bertz CT molecular complexity index is 704. The molecule has 1 fully saturated rings. The first-order chi connectivity index (χ1) is 9.27. The van der Waals surface area contributed by atoms with E-state index in [-0.39, 0.29) is 11.7 Å². The Morgan fingerprint density at radius 1 is 1.05 bits per heavy atom. The second-order valence-corrected chi connectivity index (χ2v) is 6.05. The Morgan fingerprint density at radius 3 is 2.58 bits per heavy atom. The van der Waals surface area contributed by atoms with Crippen LogP contribution in [-0.4, -0.2) is 4.98 Å². The average Bonchev–Trinajstić information content (AvgIpc) is 2.98. The molecule has 1 aliphatic heterocycles. The number of ether oxygens (including phenoxy) is 1. The fourth-order valence-corrected chi connectivity index (χ4v) is 3.60. The minimum Gasteiger partial charge on any atom is -0.354 e. The van der Waals surface area contributed by atoms with Gasteiger partial charge in [0.25, 0.3) is 0 Å². The summed E-state index contributed by atoms with van der Waals surface area (Å²) in [6.07, 6.45) is 0.0901. The maximum atomic E-state index is 5.95. The lowest BCUT2D eigenvalue weighted by Gasteiger charge is -2.04. The fourth-order valence-electron chi connectivity index (χ4n) is 2.49. The van der Waals surface area contributed by atoms with Gasteiger partial charge in [0.15, 0.2) is 0 Å². The second-order valence-electron chi connectivity index (χ2n) is 4.99. The van der Waals surface area contributed by atoms with Crippen LogP contribution in [0.15, 0.2) is 54.6 Å². The van der Waals surface area contributed by atoms with Gasteiger partial charge in [-0.3, -0.25) is 0 Å². The van der Waals surface area contributed by atoms with Gasteiger partial charge in [0.2, 0.25) is 0 Å². The number of hydrogen-bond acceptors (Lipinski definition) is 3. The number of para-hydroxylation sites is 1. The van der Waals surface area contributed by atoms with E-state index in [2.05, 4.69) is 54.4 Å². The van der Waals surface area contributed by atoms with Crippen LogP contribution in [0.3, 0.4) is 0 Å². The average molecular weight is 267 g/mol. The second kappa shape index (κ2) is 3.89. The first kappa shape index (κ1) is 11.1. The van der Waals surface area contributed by atoms with Crippen LogP contribution in [-0.2, 0) is 10.3 Å². The zero-order chi connectivity index (χ0) is 12.9. The molecule has 1 aromatic heterocycles. The normalized spacial score (nSPS) is 25.6. The highest BCUT2D eigenvalue weighted by atomic mass is 32.1. The van der Waals surface area contributed by atoms with Crippen LogP contribution in [0.25, 0.3) is 10.2 Å². The maximum Gasteiger partial charge on any atom is 0.143 e. The highest BCUT2D eigenvalue weighted by molar-refractivity contribution is 7.18. The van der Waals surface area contributed by atoms with Gasteiger partial charge in [0, 0.05) is 0 Å². The van der Waals surface area contributed by atoms with Crippen LogP contribution in [0.1, 0.15) is 23.6 Å². The van der Waals surface area contributed by atoms with E-state index in [9.17, 15) is 0 Å². The summed E-state index contributed by atoms with van der Waals surface area (Å²) in [6.45, 7) is 2.14. The number of nitrogens with zero attached hydrogens (tertiary/aromatic N) is 1. The summed E-state index contributed by atoms with van der Waals surface area (Å²) in [5, 5.41) is 1.08. The Hall–Kier alpha value is -1.71. The summed E-state index contributed by atoms with van der Waals surface area (Å²) < 4.78 is 7.18. The monoisotopic (exact) mass is 267 g/mol. The summed E-state index contributed by atoms with van der Waals surface area (Å²) in [5.41, 5.74) is 2.07. The lowest BCUT2D eigenvalue weighted by atomic mass is 9.98. The minimum absolute atomic E-state index is 0.0901. The SMILES string of the molecule is C[C@@]1(c2ccccc2)O[C@H]1c1nc2ccccc2s1. The van der Waals surface area contributed by atoms with Gasteiger partial charge in [-0.1, -0.05) is 42.5 Å². The first-order valence-electron chi connectivity index (χ1n) is 6.36. The number of epoxide rings is 1. The Morgan fingerprint density at radius 2 is 1.79 bits per heavy atom. The molecule has 0 unspecified atom stereocenters. The van der Waals surface area contributed by atoms with Crippen molar-refractivity contribution in [1.29, 1.82) is 0 Å². The summed E-state index contributed by atoms with van der Waals surface area (Å²) in [4.78, 5) is 4.69. The van der Waals surface area contributed by atoms with Crippen molar-refractivity contribution in [3.8, 4) is 0 Å². The molecule has 0 N–H and O–H groups in total. The summed E-state index contributed by atoms with van der Waals surface area (Å²) >= 11 is 1.73. The molecule has 3 heteroatoms. The molecule has 0 radical (unpaired) electrons. The van der Waals surface area contributed by atoms with Crippen LogP contribution >= 0.6 is 11.3 Å². The predicted molar refractivity (Wildman–Crippen MR) is 77.2 cm³/mol. The van der Waals surface area contributed by atoms with Gasteiger partial charge >= 0.3 is 0 Å². The van der Waals surface area contributed by atoms with Gasteiger partial charge in [-0.05, 0) is 24.6 Å². The Balaban J connectivity index is 1.72. The molecule has 2 heterocycles. The molecule has 2 nitrogen and oxygen atoms in total. The van der Waals surface area contributed by atoms with E-state index in [0.717, 1.165) is 10.5 Å². The minimum atomic E-state index is -0.213. The number of benzene rings is 2. The van der Waals surface area contributed by atoms with Crippen molar-refractivity contribution < 1.29 is 4.74 Å². The largest absolute Gasteiger partial charge is 0.354 e.